The van der Waals surface area contributed by atoms with Crippen molar-refractivity contribution in [3.05, 3.63) is 114 Å². The fourth-order valence-electron chi connectivity index (χ4n) is 4.54. The Kier molecular flexibility index (Phi) is 7.72. The number of urea groups is 1. The summed E-state index contributed by atoms with van der Waals surface area (Å²) >= 11 is 0. The molecular formula is C30H30N2O5. The SMILES string of the molecule is C=CC[C@]1(Cc2ccc(C)cc2)C(=O)N(C(N)=O)[C@@H]1Oc1ccc(CC(=O)OCc2ccccc2)cc1. The van der Waals surface area contributed by atoms with Crippen molar-refractivity contribution in [1.29, 1.82) is 0 Å². The number of amides is 3. The molecule has 7 nitrogen and oxygen atoms in total. The molecule has 4 rings (SSSR count). The molecule has 0 spiro atoms. The third-order valence-electron chi connectivity index (χ3n) is 6.50. The van der Waals surface area contributed by atoms with Gasteiger partial charge in [-0.3, -0.25) is 9.59 Å². The predicted molar refractivity (Wildman–Crippen MR) is 139 cm³/mol. The highest BCUT2D eigenvalue weighted by molar-refractivity contribution is 6.03. The van der Waals surface area contributed by atoms with E-state index in [0.29, 0.717) is 18.6 Å². The largest absolute Gasteiger partial charge is 0.469 e. The van der Waals surface area contributed by atoms with Crippen molar-refractivity contribution >= 4 is 17.9 Å². The second kappa shape index (κ2) is 11.1. The average Bonchev–Trinajstić information content (AvgIpc) is 2.89. The number of aryl methyl sites for hydroxylation is 1. The van der Waals surface area contributed by atoms with Crippen LogP contribution in [0.1, 0.15) is 28.7 Å². The fraction of sp³-hybridized carbons (Fsp3) is 0.233. The van der Waals surface area contributed by atoms with Crippen molar-refractivity contribution < 1.29 is 23.9 Å². The Labute approximate surface area is 216 Å². The van der Waals surface area contributed by atoms with Gasteiger partial charge in [0.1, 0.15) is 17.8 Å². The van der Waals surface area contributed by atoms with Gasteiger partial charge < -0.3 is 15.2 Å². The van der Waals surface area contributed by atoms with E-state index in [2.05, 4.69) is 6.58 Å². The number of rotatable bonds is 10. The van der Waals surface area contributed by atoms with Crippen LogP contribution in [-0.4, -0.2) is 29.0 Å². The summed E-state index contributed by atoms with van der Waals surface area (Å²) in [5.74, 6) is -0.282. The second-order valence-corrected chi connectivity index (χ2v) is 9.26. The van der Waals surface area contributed by atoms with E-state index >= 15 is 0 Å². The van der Waals surface area contributed by atoms with Gasteiger partial charge in [-0.1, -0.05) is 78.4 Å². The summed E-state index contributed by atoms with van der Waals surface area (Å²) in [7, 11) is 0. The number of hydrogen-bond donors (Lipinski definition) is 1. The molecule has 0 aliphatic carbocycles. The van der Waals surface area contributed by atoms with Gasteiger partial charge >= 0.3 is 12.0 Å². The smallest absolute Gasteiger partial charge is 0.324 e. The number of hydrogen-bond acceptors (Lipinski definition) is 5. The zero-order valence-corrected chi connectivity index (χ0v) is 20.8. The van der Waals surface area contributed by atoms with Crippen LogP contribution in [0, 0.1) is 12.3 Å². The highest BCUT2D eigenvalue weighted by Crippen LogP contribution is 2.46. The van der Waals surface area contributed by atoms with Crippen molar-refractivity contribution in [2.24, 2.45) is 11.1 Å². The molecule has 3 amide bonds. The number of allylic oxidation sites excluding steroid dienone is 1. The second-order valence-electron chi connectivity index (χ2n) is 9.26. The summed E-state index contributed by atoms with van der Waals surface area (Å²) < 4.78 is 11.5. The molecule has 1 aliphatic rings. The molecule has 3 aromatic rings. The third kappa shape index (κ3) is 5.72. The number of benzene rings is 3. The van der Waals surface area contributed by atoms with Gasteiger partial charge in [0.2, 0.25) is 5.91 Å². The molecule has 0 saturated carbocycles. The number of carbonyl (C=O) groups excluding carboxylic acids is 3. The van der Waals surface area contributed by atoms with Crippen LogP contribution >= 0.6 is 0 Å². The number of primary amides is 1. The molecule has 0 bridgehead atoms. The van der Waals surface area contributed by atoms with Crippen molar-refractivity contribution in [2.45, 2.75) is 39.0 Å². The maximum absolute atomic E-state index is 13.2. The molecular weight excluding hydrogens is 468 g/mol. The minimum atomic E-state index is -1.01. The van der Waals surface area contributed by atoms with E-state index in [1.807, 2.05) is 61.5 Å². The zero-order valence-electron chi connectivity index (χ0n) is 20.8. The van der Waals surface area contributed by atoms with Gasteiger partial charge in [0.15, 0.2) is 6.23 Å². The van der Waals surface area contributed by atoms with Gasteiger partial charge in [-0.05, 0) is 48.6 Å². The van der Waals surface area contributed by atoms with Crippen LogP contribution in [-0.2, 0) is 33.8 Å². The van der Waals surface area contributed by atoms with Crippen molar-refractivity contribution in [3.8, 4) is 5.75 Å². The molecule has 1 aliphatic heterocycles. The van der Waals surface area contributed by atoms with Gasteiger partial charge in [0.05, 0.1) is 6.42 Å². The Morgan fingerprint density at radius 1 is 0.973 bits per heavy atom. The molecule has 37 heavy (non-hydrogen) atoms. The van der Waals surface area contributed by atoms with Crippen LogP contribution in [0.3, 0.4) is 0 Å². The van der Waals surface area contributed by atoms with Gasteiger partial charge in [-0.15, -0.1) is 6.58 Å². The Balaban J connectivity index is 1.46. The van der Waals surface area contributed by atoms with E-state index < -0.39 is 17.7 Å². The van der Waals surface area contributed by atoms with Crippen LogP contribution in [0.5, 0.6) is 5.75 Å². The van der Waals surface area contributed by atoms with E-state index in [4.69, 9.17) is 15.2 Å². The molecule has 7 heteroatoms. The van der Waals surface area contributed by atoms with Crippen LogP contribution in [0.25, 0.3) is 0 Å². The number of esters is 1. The van der Waals surface area contributed by atoms with E-state index in [1.54, 1.807) is 30.3 Å². The predicted octanol–water partition coefficient (Wildman–Crippen LogP) is 4.71. The fourth-order valence-corrected chi connectivity index (χ4v) is 4.54. The lowest BCUT2D eigenvalue weighted by Gasteiger charge is -2.53. The third-order valence-corrected chi connectivity index (χ3v) is 6.50. The number of nitrogens with zero attached hydrogens (tertiary/aromatic N) is 1. The van der Waals surface area contributed by atoms with E-state index in [-0.39, 0.29) is 24.9 Å². The summed E-state index contributed by atoms with van der Waals surface area (Å²) in [6.45, 7) is 6.02. The van der Waals surface area contributed by atoms with Crippen LogP contribution < -0.4 is 10.5 Å². The van der Waals surface area contributed by atoms with Crippen LogP contribution in [0.15, 0.2) is 91.5 Å². The average molecular weight is 499 g/mol. The molecule has 1 saturated heterocycles. The standard InChI is InChI=1S/C30H30N2O5/c1-3-17-30(19-23-11-9-21(2)10-12-23)27(34)32(29(31)35)28(30)37-25-15-13-22(14-16-25)18-26(33)36-20-24-7-5-4-6-8-24/h3-16,28H,1,17-20H2,2H3,(H2,31,35)/t28-,30+/m1/s1. The summed E-state index contributed by atoms with van der Waals surface area (Å²) in [5.41, 5.74) is 8.24. The van der Waals surface area contributed by atoms with Crippen molar-refractivity contribution in [3.63, 3.8) is 0 Å². The van der Waals surface area contributed by atoms with Crippen molar-refractivity contribution in [1.82, 2.24) is 4.90 Å². The lowest BCUT2D eigenvalue weighted by Crippen LogP contribution is -2.74. The Bertz CT molecular complexity index is 1270. The summed E-state index contributed by atoms with van der Waals surface area (Å²) in [4.78, 5) is 38.5. The monoisotopic (exact) mass is 498 g/mol. The topological polar surface area (TPSA) is 98.9 Å². The zero-order chi connectivity index (χ0) is 26.4. The highest BCUT2D eigenvalue weighted by atomic mass is 16.5. The van der Waals surface area contributed by atoms with E-state index in [9.17, 15) is 14.4 Å². The molecule has 0 aromatic heterocycles. The lowest BCUT2D eigenvalue weighted by molar-refractivity contribution is -0.188. The van der Waals surface area contributed by atoms with Gasteiger partial charge in [0.25, 0.3) is 0 Å². The van der Waals surface area contributed by atoms with Crippen LogP contribution in [0.2, 0.25) is 0 Å². The summed E-state index contributed by atoms with van der Waals surface area (Å²) in [6.07, 6.45) is 1.57. The summed E-state index contributed by atoms with van der Waals surface area (Å²) in [6, 6.07) is 23.4. The van der Waals surface area contributed by atoms with Gasteiger partial charge in [-0.2, -0.15) is 0 Å². The molecule has 2 N–H and O–H groups in total. The molecule has 0 radical (unpaired) electrons. The van der Waals surface area contributed by atoms with E-state index in [1.165, 1.54) is 0 Å². The first-order valence-electron chi connectivity index (χ1n) is 12.1. The number of imide groups is 1. The molecule has 3 aromatic carbocycles. The van der Waals surface area contributed by atoms with Gasteiger partial charge in [0, 0.05) is 0 Å². The Morgan fingerprint density at radius 3 is 2.24 bits per heavy atom. The molecule has 190 valence electrons. The van der Waals surface area contributed by atoms with Crippen LogP contribution in [0.4, 0.5) is 4.79 Å². The molecule has 2 atom stereocenters. The first kappa shape index (κ1) is 25.7. The molecule has 1 fully saturated rings. The number of carbonyl (C=O) groups is 3. The maximum atomic E-state index is 13.2. The summed E-state index contributed by atoms with van der Waals surface area (Å²) in [5, 5.41) is 0. The van der Waals surface area contributed by atoms with Gasteiger partial charge in [-0.25, -0.2) is 9.69 Å². The van der Waals surface area contributed by atoms with Crippen molar-refractivity contribution in [2.75, 3.05) is 0 Å². The first-order chi connectivity index (χ1) is 17.8. The molecule has 0 unspecified atom stereocenters. The maximum Gasteiger partial charge on any atom is 0.324 e. The number of β-lactam (4-membered cyclic amide) rings is 1. The minimum Gasteiger partial charge on any atom is -0.469 e. The number of nitrogens with two attached hydrogens (primary N) is 1. The Hall–Kier alpha value is -4.39. The highest BCUT2D eigenvalue weighted by Gasteiger charge is 2.63. The van der Waals surface area contributed by atoms with E-state index in [0.717, 1.165) is 27.2 Å². The normalized spacial score (nSPS) is 18.6. The number of likely N-dealkylation sites (tertiary alicyclic amines) is 1. The Morgan fingerprint density at radius 2 is 1.62 bits per heavy atom. The lowest BCUT2D eigenvalue weighted by atomic mass is 9.69. The minimum absolute atomic E-state index is 0.107. The first-order valence-corrected chi connectivity index (χ1v) is 12.1. The number of ether oxygens (including phenoxy) is 2. The molecule has 1 heterocycles. The quantitative estimate of drug-likeness (QED) is 0.248.